The zero-order valence-electron chi connectivity index (χ0n) is 26.1. The number of benzene rings is 2. The van der Waals surface area contributed by atoms with Crippen LogP contribution in [0.15, 0.2) is 36.4 Å². The lowest BCUT2D eigenvalue weighted by Gasteiger charge is -2.41. The summed E-state index contributed by atoms with van der Waals surface area (Å²) in [4.78, 5) is 18.4. The van der Waals surface area contributed by atoms with Gasteiger partial charge in [-0.05, 0) is 92.4 Å². The lowest BCUT2D eigenvalue weighted by atomic mass is 9.81. The van der Waals surface area contributed by atoms with Crippen LogP contribution in [0.1, 0.15) is 84.7 Å². The number of sulfonamides is 1. The number of carbonyl (C=O) groups is 1. The highest BCUT2D eigenvalue weighted by atomic mass is 32.2. The highest BCUT2D eigenvalue weighted by Gasteiger charge is 2.60. The Kier molecular flexibility index (Phi) is 6.71. The highest BCUT2D eigenvalue weighted by Crippen LogP contribution is 2.66. The fourth-order valence-corrected chi connectivity index (χ4v) is 9.95. The van der Waals surface area contributed by atoms with Crippen molar-refractivity contribution in [2.24, 2.45) is 5.41 Å². The van der Waals surface area contributed by atoms with E-state index in [1.54, 1.807) is 7.11 Å². The number of hydrogen-bond donors (Lipinski definition) is 1. The van der Waals surface area contributed by atoms with Crippen molar-refractivity contribution >= 4 is 26.8 Å². The molecule has 4 atom stereocenters. The molecule has 1 N–H and O–H groups in total. The number of rotatable bonds is 6. The summed E-state index contributed by atoms with van der Waals surface area (Å²) in [6, 6.07) is 13.7. The maximum atomic E-state index is 13.1. The van der Waals surface area contributed by atoms with E-state index in [0.29, 0.717) is 29.5 Å². The minimum atomic E-state index is -3.67. The Labute approximate surface area is 260 Å². The number of piperazine rings is 1. The fourth-order valence-electron chi connectivity index (χ4n) is 9.50. The summed E-state index contributed by atoms with van der Waals surface area (Å²) < 4.78 is 34.4. The van der Waals surface area contributed by atoms with Crippen LogP contribution in [0, 0.1) is 5.41 Å². The molecule has 9 heteroatoms. The average molecular weight is 617 g/mol. The van der Waals surface area contributed by atoms with E-state index in [-0.39, 0.29) is 5.41 Å². The lowest BCUT2D eigenvalue weighted by Crippen LogP contribution is -2.54. The van der Waals surface area contributed by atoms with E-state index >= 15 is 0 Å². The first-order valence-electron chi connectivity index (χ1n) is 16.4. The van der Waals surface area contributed by atoms with Gasteiger partial charge in [-0.3, -0.25) is 9.69 Å². The molecular weight excluding hydrogens is 572 g/mol. The zero-order chi connectivity index (χ0) is 30.4. The van der Waals surface area contributed by atoms with Crippen molar-refractivity contribution in [1.29, 1.82) is 0 Å². The molecule has 4 fully saturated rings. The number of ether oxygens (including phenoxy) is 1. The quantitative estimate of drug-likeness (QED) is 0.404. The summed E-state index contributed by atoms with van der Waals surface area (Å²) in [6.45, 7) is 4.27. The molecule has 3 aliphatic heterocycles. The third-order valence-corrected chi connectivity index (χ3v) is 12.1. The van der Waals surface area contributed by atoms with Gasteiger partial charge in [0.05, 0.1) is 19.1 Å². The normalized spacial score (nSPS) is 28.7. The average Bonchev–Trinajstić information content (AvgIpc) is 3.56. The summed E-state index contributed by atoms with van der Waals surface area (Å²) in [5.74, 6) is 1.26. The number of hydrogen-bond acceptors (Lipinski definition) is 6. The van der Waals surface area contributed by atoms with Gasteiger partial charge in [0.25, 0.3) is 5.91 Å². The van der Waals surface area contributed by atoms with E-state index in [9.17, 15) is 13.2 Å². The molecule has 0 radical (unpaired) electrons. The Morgan fingerprint density at radius 1 is 1.02 bits per heavy atom. The summed E-state index contributed by atoms with van der Waals surface area (Å²) >= 11 is 0. The predicted molar refractivity (Wildman–Crippen MR) is 173 cm³/mol. The number of methoxy groups -OCH3 is 1. The standard InChI is InChI=1S/C35H44N4O4S/c1-37-18-24-10-11-25(19-37)38(24)20-35-17-30(35)29-16-26(43-2)12-14-27(29)33-32(22-7-5-4-6-8-22)28-13-9-23(15-31(28)39(33)21-35)34(40)36-44(3,41)42/h9,12-16,22,24-25,30H,4-8,10-11,17-21H2,1-3H3,(H,36,40). The molecular formula is C35H44N4O4S. The highest BCUT2D eigenvalue weighted by molar-refractivity contribution is 7.89. The van der Waals surface area contributed by atoms with Crippen molar-refractivity contribution in [3.05, 3.63) is 53.1 Å². The molecule has 2 aliphatic carbocycles. The van der Waals surface area contributed by atoms with Crippen molar-refractivity contribution in [2.45, 2.75) is 81.8 Å². The SMILES string of the molecule is COc1ccc2c(c1)C1CC1(CN1C3CCC1CN(C)C3)Cn1c-2c(C2CCCCC2)c2ccc(C(=O)NS(C)(=O)=O)cc21. The largest absolute Gasteiger partial charge is 0.497 e. The van der Waals surface area contributed by atoms with Crippen molar-refractivity contribution in [3.8, 4) is 17.0 Å². The third kappa shape index (κ3) is 4.69. The van der Waals surface area contributed by atoms with Gasteiger partial charge in [-0.15, -0.1) is 0 Å². The number of aromatic nitrogens is 1. The molecule has 3 aromatic rings. The molecule has 2 saturated carbocycles. The second kappa shape index (κ2) is 10.3. The van der Waals surface area contributed by atoms with E-state index in [1.165, 1.54) is 72.7 Å². The molecule has 2 bridgehead atoms. The molecule has 234 valence electrons. The van der Waals surface area contributed by atoms with Crippen LogP contribution in [0.4, 0.5) is 0 Å². The van der Waals surface area contributed by atoms with Gasteiger partial charge in [-0.2, -0.15) is 0 Å². The van der Waals surface area contributed by atoms with Gasteiger partial charge < -0.3 is 14.2 Å². The van der Waals surface area contributed by atoms with E-state index in [0.717, 1.165) is 50.1 Å². The summed E-state index contributed by atoms with van der Waals surface area (Å²) in [6.07, 6.45) is 10.8. The first kappa shape index (κ1) is 28.6. The molecule has 8 rings (SSSR count). The number of carbonyl (C=O) groups excluding carboxylic acids is 1. The molecule has 5 aliphatic rings. The topological polar surface area (TPSA) is 83.9 Å². The van der Waals surface area contributed by atoms with Crippen LogP contribution in [0.25, 0.3) is 22.2 Å². The number of nitrogens with one attached hydrogen (secondary N) is 1. The van der Waals surface area contributed by atoms with Crippen molar-refractivity contribution in [2.75, 3.05) is 40.0 Å². The van der Waals surface area contributed by atoms with Gasteiger partial charge in [-0.25, -0.2) is 13.1 Å². The Balaban J connectivity index is 1.31. The monoisotopic (exact) mass is 616 g/mol. The van der Waals surface area contributed by atoms with Gasteiger partial charge in [0.2, 0.25) is 10.0 Å². The van der Waals surface area contributed by atoms with E-state index < -0.39 is 15.9 Å². The Morgan fingerprint density at radius 2 is 1.77 bits per heavy atom. The minimum Gasteiger partial charge on any atom is -0.497 e. The van der Waals surface area contributed by atoms with E-state index in [2.05, 4.69) is 50.4 Å². The number of likely N-dealkylation sites (tertiary alicyclic amines) is 1. The van der Waals surface area contributed by atoms with Crippen LogP contribution in [0.5, 0.6) is 5.75 Å². The van der Waals surface area contributed by atoms with Crippen LogP contribution in [-0.4, -0.2) is 80.8 Å². The first-order chi connectivity index (χ1) is 21.1. The van der Waals surface area contributed by atoms with Crippen LogP contribution >= 0.6 is 0 Å². The van der Waals surface area contributed by atoms with E-state index in [4.69, 9.17) is 4.74 Å². The van der Waals surface area contributed by atoms with Crippen LogP contribution in [0.3, 0.4) is 0 Å². The van der Waals surface area contributed by atoms with Crippen LogP contribution < -0.4 is 9.46 Å². The molecule has 4 heterocycles. The predicted octanol–water partition coefficient (Wildman–Crippen LogP) is 5.32. The van der Waals surface area contributed by atoms with Gasteiger partial charge in [-0.1, -0.05) is 25.3 Å². The molecule has 2 saturated heterocycles. The molecule has 4 unspecified atom stereocenters. The molecule has 2 aromatic carbocycles. The number of nitrogens with zero attached hydrogens (tertiary/aromatic N) is 3. The molecule has 1 amide bonds. The third-order valence-electron chi connectivity index (χ3n) is 11.5. The van der Waals surface area contributed by atoms with Crippen molar-refractivity contribution in [1.82, 2.24) is 19.1 Å². The second-order valence-corrected chi connectivity index (χ2v) is 16.2. The maximum Gasteiger partial charge on any atom is 0.264 e. The maximum absolute atomic E-state index is 13.1. The summed E-state index contributed by atoms with van der Waals surface area (Å²) in [7, 11) is 0.349. The molecule has 44 heavy (non-hydrogen) atoms. The second-order valence-electron chi connectivity index (χ2n) is 14.5. The Morgan fingerprint density at radius 3 is 2.48 bits per heavy atom. The lowest BCUT2D eigenvalue weighted by molar-refractivity contribution is 0.0595. The summed E-state index contributed by atoms with van der Waals surface area (Å²) in [5.41, 5.74) is 6.96. The number of fused-ring (bicyclic) bond motifs is 9. The van der Waals surface area contributed by atoms with Crippen LogP contribution in [-0.2, 0) is 16.6 Å². The minimum absolute atomic E-state index is 0.101. The van der Waals surface area contributed by atoms with Crippen molar-refractivity contribution in [3.63, 3.8) is 0 Å². The number of amides is 1. The van der Waals surface area contributed by atoms with Crippen molar-refractivity contribution < 1.29 is 17.9 Å². The fraction of sp³-hybridized carbons (Fsp3) is 0.571. The van der Waals surface area contributed by atoms with Crippen LogP contribution in [0.2, 0.25) is 0 Å². The molecule has 8 nitrogen and oxygen atoms in total. The smallest absolute Gasteiger partial charge is 0.264 e. The van der Waals surface area contributed by atoms with Gasteiger partial charge in [0.1, 0.15) is 5.75 Å². The summed E-state index contributed by atoms with van der Waals surface area (Å²) in [5, 5.41) is 1.21. The Bertz CT molecular complexity index is 1750. The molecule has 1 aromatic heterocycles. The van der Waals surface area contributed by atoms with Gasteiger partial charge in [0.15, 0.2) is 0 Å². The zero-order valence-corrected chi connectivity index (χ0v) is 27.0. The van der Waals surface area contributed by atoms with Gasteiger partial charge >= 0.3 is 0 Å². The van der Waals surface area contributed by atoms with E-state index in [1.807, 2.05) is 12.1 Å². The first-order valence-corrected chi connectivity index (χ1v) is 18.3. The Hall–Kier alpha value is -2.88. The van der Waals surface area contributed by atoms with Gasteiger partial charge in [0, 0.05) is 65.7 Å². The number of likely N-dealkylation sites (N-methyl/N-ethyl adjacent to an activating group) is 1. The molecule has 0 spiro atoms.